The molecule has 1 aliphatic heterocycles. The van der Waals surface area contributed by atoms with E-state index >= 15 is 0 Å². The van der Waals surface area contributed by atoms with E-state index in [0.29, 0.717) is 31.9 Å². The van der Waals surface area contributed by atoms with Crippen LogP contribution < -0.4 is 9.47 Å². The van der Waals surface area contributed by atoms with Crippen molar-refractivity contribution in [3.05, 3.63) is 24.3 Å². The van der Waals surface area contributed by atoms with Gasteiger partial charge in [-0.25, -0.2) is 0 Å². The number of carbonyl (C=O) groups is 2. The fourth-order valence-electron chi connectivity index (χ4n) is 2.14. The number of nitrogens with zero attached hydrogens (tertiary/aromatic N) is 1. The quantitative estimate of drug-likeness (QED) is 0.786. The largest absolute Gasteiger partial charge is 0.497 e. The van der Waals surface area contributed by atoms with E-state index in [4.69, 9.17) is 14.6 Å². The number of benzene rings is 1. The maximum atomic E-state index is 11.7. The van der Waals surface area contributed by atoms with Crippen molar-refractivity contribution in [1.82, 2.24) is 4.90 Å². The van der Waals surface area contributed by atoms with Gasteiger partial charge in [0, 0.05) is 6.54 Å². The third-order valence-electron chi connectivity index (χ3n) is 3.28. The molecule has 1 fully saturated rings. The van der Waals surface area contributed by atoms with E-state index in [-0.39, 0.29) is 5.91 Å². The highest BCUT2D eigenvalue weighted by Gasteiger charge is 2.36. The zero-order valence-corrected chi connectivity index (χ0v) is 11.2. The monoisotopic (exact) mass is 279 g/mol. The van der Waals surface area contributed by atoms with E-state index < -0.39 is 11.9 Å². The Morgan fingerprint density at radius 3 is 2.55 bits per heavy atom. The van der Waals surface area contributed by atoms with E-state index in [1.165, 1.54) is 4.90 Å². The Morgan fingerprint density at radius 1 is 1.35 bits per heavy atom. The molecule has 0 bridgehead atoms. The predicted molar refractivity (Wildman–Crippen MR) is 70.8 cm³/mol. The van der Waals surface area contributed by atoms with Crippen LogP contribution in [0.3, 0.4) is 0 Å². The van der Waals surface area contributed by atoms with Crippen LogP contribution >= 0.6 is 0 Å². The van der Waals surface area contributed by atoms with Crippen molar-refractivity contribution in [2.45, 2.75) is 6.42 Å². The fraction of sp³-hybridized carbons (Fsp3) is 0.429. The second-order valence-electron chi connectivity index (χ2n) is 4.53. The van der Waals surface area contributed by atoms with Crippen molar-refractivity contribution in [2.24, 2.45) is 5.92 Å². The Labute approximate surface area is 116 Å². The maximum Gasteiger partial charge on any atom is 0.316 e. The van der Waals surface area contributed by atoms with Crippen molar-refractivity contribution < 1.29 is 24.2 Å². The molecule has 1 saturated heterocycles. The molecule has 20 heavy (non-hydrogen) atoms. The number of carbonyl (C=O) groups excluding carboxylic acids is 1. The SMILES string of the molecule is COc1ccc(OCCN2CCC(C(=O)O)C2=O)cc1. The van der Waals surface area contributed by atoms with Crippen LogP contribution in [0.1, 0.15) is 6.42 Å². The smallest absolute Gasteiger partial charge is 0.316 e. The summed E-state index contributed by atoms with van der Waals surface area (Å²) >= 11 is 0. The summed E-state index contributed by atoms with van der Waals surface area (Å²) in [7, 11) is 1.59. The van der Waals surface area contributed by atoms with Gasteiger partial charge in [-0.1, -0.05) is 0 Å². The minimum atomic E-state index is -1.05. The lowest BCUT2D eigenvalue weighted by Crippen LogP contribution is -2.33. The summed E-state index contributed by atoms with van der Waals surface area (Å²) in [5.74, 6) is -0.830. The minimum absolute atomic E-state index is 0.323. The number of ether oxygens (including phenoxy) is 2. The molecule has 1 N–H and O–H groups in total. The van der Waals surface area contributed by atoms with Crippen LogP contribution in [0, 0.1) is 5.92 Å². The van der Waals surface area contributed by atoms with Gasteiger partial charge >= 0.3 is 5.97 Å². The average molecular weight is 279 g/mol. The molecule has 6 nitrogen and oxygen atoms in total. The first-order valence-corrected chi connectivity index (χ1v) is 6.40. The molecule has 1 unspecified atom stereocenters. The van der Waals surface area contributed by atoms with Crippen molar-refractivity contribution in [3.63, 3.8) is 0 Å². The summed E-state index contributed by atoms with van der Waals surface area (Å²) in [5.41, 5.74) is 0. The molecule has 1 aliphatic rings. The third kappa shape index (κ3) is 3.20. The van der Waals surface area contributed by atoms with Crippen LogP contribution in [-0.4, -0.2) is 48.7 Å². The number of hydrogen-bond donors (Lipinski definition) is 1. The first-order chi connectivity index (χ1) is 9.61. The molecule has 2 rings (SSSR count). The number of likely N-dealkylation sites (tertiary alicyclic amines) is 1. The number of hydrogen-bond acceptors (Lipinski definition) is 4. The standard InChI is InChI=1S/C14H17NO5/c1-19-10-2-4-11(5-3-10)20-9-8-15-7-6-12(13(15)16)14(17)18/h2-5,12H,6-9H2,1H3,(H,17,18). The van der Waals surface area contributed by atoms with E-state index in [9.17, 15) is 9.59 Å². The van der Waals surface area contributed by atoms with Gasteiger partial charge in [-0.2, -0.15) is 0 Å². The number of carboxylic acid groups (broad SMARTS) is 1. The van der Waals surface area contributed by atoms with Gasteiger partial charge in [0.2, 0.25) is 5.91 Å². The van der Waals surface area contributed by atoms with Gasteiger partial charge in [-0.15, -0.1) is 0 Å². The Morgan fingerprint density at radius 2 is 2.00 bits per heavy atom. The second-order valence-corrected chi connectivity index (χ2v) is 4.53. The summed E-state index contributed by atoms with van der Waals surface area (Å²) in [4.78, 5) is 24.1. The van der Waals surface area contributed by atoms with Crippen molar-refractivity contribution in [2.75, 3.05) is 26.8 Å². The summed E-state index contributed by atoms with van der Waals surface area (Å²) in [5, 5.41) is 8.86. The third-order valence-corrected chi connectivity index (χ3v) is 3.28. The molecule has 0 saturated carbocycles. The Balaban J connectivity index is 1.78. The molecule has 1 heterocycles. The van der Waals surface area contributed by atoms with Crippen LogP contribution in [0.15, 0.2) is 24.3 Å². The summed E-state index contributed by atoms with van der Waals surface area (Å²) in [6.07, 6.45) is 0.372. The topological polar surface area (TPSA) is 76.1 Å². The number of carboxylic acids is 1. The zero-order valence-electron chi connectivity index (χ0n) is 11.2. The van der Waals surface area contributed by atoms with Crippen LogP contribution in [-0.2, 0) is 9.59 Å². The molecule has 0 spiro atoms. The van der Waals surface area contributed by atoms with Crippen LogP contribution in [0.4, 0.5) is 0 Å². The van der Waals surface area contributed by atoms with Gasteiger partial charge < -0.3 is 19.5 Å². The van der Waals surface area contributed by atoms with Gasteiger partial charge in [-0.3, -0.25) is 9.59 Å². The Kier molecular flexibility index (Phi) is 4.45. The van der Waals surface area contributed by atoms with E-state index in [0.717, 1.165) is 5.75 Å². The number of aliphatic carboxylic acids is 1. The number of methoxy groups -OCH3 is 1. The average Bonchev–Trinajstić information content (AvgIpc) is 2.81. The van der Waals surface area contributed by atoms with Gasteiger partial charge in [0.1, 0.15) is 24.0 Å². The van der Waals surface area contributed by atoms with Crippen molar-refractivity contribution >= 4 is 11.9 Å². The molecule has 1 aromatic rings. The molecule has 0 radical (unpaired) electrons. The highest BCUT2D eigenvalue weighted by Crippen LogP contribution is 2.19. The van der Waals surface area contributed by atoms with Crippen LogP contribution in [0.5, 0.6) is 11.5 Å². The maximum absolute atomic E-state index is 11.7. The van der Waals surface area contributed by atoms with Crippen molar-refractivity contribution in [1.29, 1.82) is 0 Å². The predicted octanol–water partition coefficient (Wildman–Crippen LogP) is 1.01. The first kappa shape index (κ1) is 14.2. The highest BCUT2D eigenvalue weighted by molar-refractivity contribution is 5.98. The molecule has 1 aromatic carbocycles. The Bertz CT molecular complexity index is 485. The van der Waals surface area contributed by atoms with Gasteiger partial charge in [-0.05, 0) is 30.7 Å². The molecule has 6 heteroatoms. The van der Waals surface area contributed by atoms with Crippen LogP contribution in [0.2, 0.25) is 0 Å². The first-order valence-electron chi connectivity index (χ1n) is 6.40. The lowest BCUT2D eigenvalue weighted by Gasteiger charge is -2.16. The fourth-order valence-corrected chi connectivity index (χ4v) is 2.14. The van der Waals surface area contributed by atoms with Gasteiger partial charge in [0.25, 0.3) is 0 Å². The van der Waals surface area contributed by atoms with E-state index in [1.807, 2.05) is 0 Å². The van der Waals surface area contributed by atoms with E-state index in [1.54, 1.807) is 31.4 Å². The van der Waals surface area contributed by atoms with E-state index in [2.05, 4.69) is 0 Å². The van der Waals surface area contributed by atoms with Crippen molar-refractivity contribution in [3.8, 4) is 11.5 Å². The highest BCUT2D eigenvalue weighted by atomic mass is 16.5. The number of rotatable bonds is 6. The number of amides is 1. The lowest BCUT2D eigenvalue weighted by atomic mass is 10.1. The molecule has 0 aromatic heterocycles. The molecule has 108 valence electrons. The molecular formula is C14H17NO5. The second kappa shape index (κ2) is 6.27. The molecule has 1 atom stereocenters. The van der Waals surface area contributed by atoms with Gasteiger partial charge in [0.15, 0.2) is 0 Å². The normalized spacial score (nSPS) is 18.1. The molecular weight excluding hydrogens is 262 g/mol. The minimum Gasteiger partial charge on any atom is -0.497 e. The molecule has 1 amide bonds. The summed E-state index contributed by atoms with van der Waals surface area (Å²) in [6, 6.07) is 7.14. The molecule has 0 aliphatic carbocycles. The Hall–Kier alpha value is -2.24. The zero-order chi connectivity index (χ0) is 14.5. The van der Waals surface area contributed by atoms with Gasteiger partial charge in [0.05, 0.1) is 13.7 Å². The lowest BCUT2D eigenvalue weighted by molar-refractivity contribution is -0.147. The summed E-state index contributed by atoms with van der Waals surface area (Å²) < 4.78 is 10.6. The summed E-state index contributed by atoms with van der Waals surface area (Å²) in [6.45, 7) is 1.21. The van der Waals surface area contributed by atoms with Crippen LogP contribution in [0.25, 0.3) is 0 Å².